The lowest BCUT2D eigenvalue weighted by Gasteiger charge is -2.22. The number of sulfonamides is 1. The van der Waals surface area contributed by atoms with Crippen LogP contribution in [0.1, 0.15) is 43.5 Å². The van der Waals surface area contributed by atoms with Gasteiger partial charge in [-0.1, -0.05) is 5.92 Å². The van der Waals surface area contributed by atoms with E-state index in [9.17, 15) is 13.2 Å². The van der Waals surface area contributed by atoms with E-state index in [2.05, 4.69) is 26.9 Å². The van der Waals surface area contributed by atoms with Crippen molar-refractivity contribution >= 4 is 27.6 Å². The van der Waals surface area contributed by atoms with Crippen LogP contribution in [0.15, 0.2) is 12.1 Å². The number of hydrogen-bond donors (Lipinski definition) is 3. The van der Waals surface area contributed by atoms with Crippen molar-refractivity contribution < 1.29 is 13.2 Å². The highest BCUT2D eigenvalue weighted by Crippen LogP contribution is 2.29. The number of anilines is 2. The van der Waals surface area contributed by atoms with Gasteiger partial charge in [-0.25, -0.2) is 13.4 Å². The molecule has 0 saturated heterocycles. The van der Waals surface area contributed by atoms with E-state index in [0.29, 0.717) is 36.9 Å². The van der Waals surface area contributed by atoms with E-state index in [1.807, 2.05) is 0 Å². The van der Waals surface area contributed by atoms with Crippen LogP contribution in [-0.2, 0) is 10.0 Å². The highest BCUT2D eigenvalue weighted by atomic mass is 32.2. The normalized spacial score (nSPS) is 13.8. The van der Waals surface area contributed by atoms with Gasteiger partial charge in [-0.2, -0.15) is 0 Å². The minimum absolute atomic E-state index is 0.223. The number of aromatic nitrogens is 1. The maximum Gasteiger partial charge on any atom is 0.251 e. The van der Waals surface area contributed by atoms with Gasteiger partial charge in [0, 0.05) is 25.7 Å². The summed E-state index contributed by atoms with van der Waals surface area (Å²) in [4.78, 5) is 17.0. The Bertz CT molecular complexity index is 844. The lowest BCUT2D eigenvalue weighted by atomic mass is 10.2. The Hall–Kier alpha value is -2.31. The Labute approximate surface area is 173 Å². The number of carbonyl (C=O) groups excluding carboxylic acids is 1. The topological polar surface area (TPSA) is 103 Å². The second-order valence-electron chi connectivity index (χ2n) is 7.48. The second-order valence-corrected chi connectivity index (χ2v) is 10.00. The molecule has 1 aliphatic rings. The van der Waals surface area contributed by atoms with E-state index in [0.717, 1.165) is 17.3 Å². The predicted octanol–water partition coefficient (Wildman–Crippen LogP) is 1.42. The van der Waals surface area contributed by atoms with Gasteiger partial charge in [-0.3, -0.25) is 9.10 Å². The second kappa shape index (κ2) is 10.5. The van der Waals surface area contributed by atoms with Crippen LogP contribution in [0.2, 0.25) is 0 Å². The summed E-state index contributed by atoms with van der Waals surface area (Å²) in [5.41, 5.74) is 0.371. The fourth-order valence-electron chi connectivity index (χ4n) is 2.59. The SMILES string of the molecule is C#CCNCCCNC(=O)c1cc(NCC2CC2)nc(N(C)S(=O)(=O)C(C)C)c1. The Morgan fingerprint density at radius 2 is 2.07 bits per heavy atom. The van der Waals surface area contributed by atoms with Gasteiger partial charge in [-0.15, -0.1) is 6.42 Å². The van der Waals surface area contributed by atoms with E-state index < -0.39 is 15.3 Å². The molecule has 1 aromatic heterocycles. The van der Waals surface area contributed by atoms with Crippen LogP contribution in [0.4, 0.5) is 11.6 Å². The minimum Gasteiger partial charge on any atom is -0.370 e. The molecule has 0 spiro atoms. The molecule has 0 atom stereocenters. The van der Waals surface area contributed by atoms with E-state index in [-0.39, 0.29) is 11.7 Å². The summed E-state index contributed by atoms with van der Waals surface area (Å²) in [5, 5.41) is 8.55. The molecule has 0 radical (unpaired) electrons. The molecule has 1 aromatic rings. The molecule has 0 aromatic carbocycles. The highest BCUT2D eigenvalue weighted by molar-refractivity contribution is 7.93. The van der Waals surface area contributed by atoms with Crippen LogP contribution in [0.5, 0.6) is 0 Å². The monoisotopic (exact) mass is 421 g/mol. The van der Waals surface area contributed by atoms with Gasteiger partial charge in [0.1, 0.15) is 11.6 Å². The standard InChI is InChI=1S/C20H31N5O3S/c1-5-9-21-10-6-11-22-20(26)17-12-18(23-14-16-7-8-16)24-19(13-17)25(4)29(27,28)15(2)3/h1,12-13,15-16,21H,6-11,14H2,2-4H3,(H,22,26)(H,23,24). The van der Waals surface area contributed by atoms with E-state index in [1.54, 1.807) is 19.9 Å². The van der Waals surface area contributed by atoms with Crippen LogP contribution in [0.3, 0.4) is 0 Å². The van der Waals surface area contributed by atoms with Crippen LogP contribution in [-0.4, -0.2) is 57.8 Å². The molecule has 1 aliphatic carbocycles. The average molecular weight is 422 g/mol. The number of terminal acetylenes is 1. The first kappa shape index (κ1) is 23.0. The van der Waals surface area contributed by atoms with Crippen molar-refractivity contribution in [2.45, 2.75) is 38.4 Å². The number of hydrogen-bond acceptors (Lipinski definition) is 6. The van der Waals surface area contributed by atoms with Crippen molar-refractivity contribution in [3.05, 3.63) is 17.7 Å². The number of carbonyl (C=O) groups is 1. The van der Waals surface area contributed by atoms with Gasteiger partial charge in [0.25, 0.3) is 5.91 Å². The van der Waals surface area contributed by atoms with E-state index in [4.69, 9.17) is 6.42 Å². The molecule has 9 heteroatoms. The summed E-state index contributed by atoms with van der Waals surface area (Å²) in [7, 11) is -2.09. The summed E-state index contributed by atoms with van der Waals surface area (Å²) >= 11 is 0. The molecule has 160 valence electrons. The van der Waals surface area contributed by atoms with Gasteiger partial charge in [0.05, 0.1) is 11.8 Å². The molecular weight excluding hydrogens is 390 g/mol. The number of rotatable bonds is 12. The largest absolute Gasteiger partial charge is 0.370 e. The highest BCUT2D eigenvalue weighted by Gasteiger charge is 2.25. The van der Waals surface area contributed by atoms with Crippen molar-refractivity contribution in [2.24, 2.45) is 5.92 Å². The minimum atomic E-state index is -3.55. The van der Waals surface area contributed by atoms with Crippen LogP contribution >= 0.6 is 0 Å². The zero-order chi connectivity index (χ0) is 21.4. The van der Waals surface area contributed by atoms with Crippen molar-refractivity contribution in [1.29, 1.82) is 0 Å². The third-order valence-electron chi connectivity index (χ3n) is 4.69. The van der Waals surface area contributed by atoms with Gasteiger partial charge in [0.2, 0.25) is 10.0 Å². The first-order valence-corrected chi connectivity index (χ1v) is 11.4. The maximum absolute atomic E-state index is 12.6. The zero-order valence-corrected chi connectivity index (χ0v) is 18.2. The number of nitrogens with zero attached hydrogens (tertiary/aromatic N) is 2. The molecule has 1 heterocycles. The predicted molar refractivity (Wildman–Crippen MR) is 117 cm³/mol. The van der Waals surface area contributed by atoms with E-state index in [1.165, 1.54) is 26.0 Å². The van der Waals surface area contributed by atoms with Crippen molar-refractivity contribution in [3.8, 4) is 12.3 Å². The molecular formula is C20H31N5O3S. The fraction of sp³-hybridized carbons (Fsp3) is 0.600. The molecule has 8 nitrogen and oxygen atoms in total. The van der Waals surface area contributed by atoms with Gasteiger partial charge < -0.3 is 16.0 Å². The molecule has 3 N–H and O–H groups in total. The molecule has 29 heavy (non-hydrogen) atoms. The quantitative estimate of drug-likeness (QED) is 0.348. The van der Waals surface area contributed by atoms with Crippen LogP contribution in [0.25, 0.3) is 0 Å². The molecule has 1 fully saturated rings. The average Bonchev–Trinajstić information content (AvgIpc) is 3.52. The number of nitrogens with one attached hydrogen (secondary N) is 3. The lowest BCUT2D eigenvalue weighted by molar-refractivity contribution is 0.0953. The molecule has 1 amide bonds. The van der Waals surface area contributed by atoms with Gasteiger partial charge in [0.15, 0.2) is 0 Å². The molecule has 0 unspecified atom stereocenters. The molecule has 2 rings (SSSR count). The Kier molecular flexibility index (Phi) is 8.29. The number of pyridine rings is 1. The van der Waals surface area contributed by atoms with Gasteiger partial charge >= 0.3 is 0 Å². The summed E-state index contributed by atoms with van der Waals surface area (Å²) in [6.07, 6.45) is 8.26. The third kappa shape index (κ3) is 6.91. The Morgan fingerprint density at radius 3 is 2.69 bits per heavy atom. The van der Waals surface area contributed by atoms with Crippen molar-refractivity contribution in [2.75, 3.05) is 42.8 Å². The van der Waals surface area contributed by atoms with Crippen molar-refractivity contribution in [1.82, 2.24) is 15.6 Å². The molecule has 0 aliphatic heterocycles. The van der Waals surface area contributed by atoms with Crippen molar-refractivity contribution in [3.63, 3.8) is 0 Å². The first-order chi connectivity index (χ1) is 13.8. The summed E-state index contributed by atoms with van der Waals surface area (Å²) in [6, 6.07) is 3.17. The van der Waals surface area contributed by atoms with E-state index >= 15 is 0 Å². The maximum atomic E-state index is 12.6. The first-order valence-electron chi connectivity index (χ1n) is 9.91. The van der Waals surface area contributed by atoms with Crippen LogP contribution in [0, 0.1) is 18.3 Å². The lowest BCUT2D eigenvalue weighted by Crippen LogP contribution is -2.34. The Balaban J connectivity index is 2.13. The fourth-order valence-corrected chi connectivity index (χ4v) is 3.58. The number of amides is 1. The molecule has 1 saturated carbocycles. The summed E-state index contributed by atoms with van der Waals surface area (Å²) in [6.45, 7) is 5.67. The zero-order valence-electron chi connectivity index (χ0n) is 17.4. The van der Waals surface area contributed by atoms with Gasteiger partial charge in [-0.05, 0) is 57.7 Å². The smallest absolute Gasteiger partial charge is 0.251 e. The molecule has 0 bridgehead atoms. The third-order valence-corrected chi connectivity index (χ3v) is 6.83. The van der Waals surface area contributed by atoms with Crippen LogP contribution < -0.4 is 20.3 Å². The Morgan fingerprint density at radius 1 is 1.34 bits per heavy atom. The summed E-state index contributed by atoms with van der Waals surface area (Å²) in [5.74, 6) is 3.57. The summed E-state index contributed by atoms with van der Waals surface area (Å²) < 4.78 is 26.2.